The number of amides is 1. The van der Waals surface area contributed by atoms with Crippen LogP contribution in [0.15, 0.2) is 36.4 Å². The molecular formula is C15H11N3O2. The molecule has 98 valence electrons. The van der Waals surface area contributed by atoms with Crippen LogP contribution in [-0.2, 0) is 6.42 Å². The first-order valence-corrected chi connectivity index (χ1v) is 6.20. The summed E-state index contributed by atoms with van der Waals surface area (Å²) in [5.74, 6) is 0.536. The lowest BCUT2D eigenvalue weighted by Gasteiger charge is -2.06. The van der Waals surface area contributed by atoms with Crippen LogP contribution in [0.2, 0.25) is 0 Å². The molecule has 0 unspecified atom stereocenters. The standard InChI is InChI=1S/C15H11N3O2/c16-9-12-2-1-3-13(17-12)15(19)18-11-4-5-14-10(8-11)6-7-20-14/h1-5,8H,6-7H2,(H,18,19). The number of nitriles is 1. The molecule has 0 saturated heterocycles. The summed E-state index contributed by atoms with van der Waals surface area (Å²) < 4.78 is 5.41. The average molecular weight is 265 g/mol. The molecule has 0 bridgehead atoms. The Morgan fingerprint density at radius 2 is 2.25 bits per heavy atom. The lowest BCUT2D eigenvalue weighted by atomic mass is 10.1. The summed E-state index contributed by atoms with van der Waals surface area (Å²) in [6.07, 6.45) is 0.848. The molecule has 0 saturated carbocycles. The molecule has 1 aliphatic heterocycles. The first-order chi connectivity index (χ1) is 9.76. The van der Waals surface area contributed by atoms with Gasteiger partial charge in [-0.05, 0) is 35.9 Å². The fraction of sp³-hybridized carbons (Fsp3) is 0.133. The fourth-order valence-electron chi connectivity index (χ4n) is 2.08. The van der Waals surface area contributed by atoms with Gasteiger partial charge in [0.05, 0.1) is 6.61 Å². The summed E-state index contributed by atoms with van der Waals surface area (Å²) in [6.45, 7) is 0.679. The van der Waals surface area contributed by atoms with Crippen molar-refractivity contribution in [1.29, 1.82) is 5.26 Å². The van der Waals surface area contributed by atoms with Crippen molar-refractivity contribution in [3.05, 3.63) is 53.3 Å². The van der Waals surface area contributed by atoms with Gasteiger partial charge in [-0.15, -0.1) is 0 Å². The Morgan fingerprint density at radius 3 is 3.10 bits per heavy atom. The van der Waals surface area contributed by atoms with Crippen LogP contribution in [0.25, 0.3) is 0 Å². The highest BCUT2D eigenvalue weighted by Crippen LogP contribution is 2.27. The Bertz CT molecular complexity index is 719. The number of carbonyl (C=O) groups is 1. The lowest BCUT2D eigenvalue weighted by Crippen LogP contribution is -2.14. The topological polar surface area (TPSA) is 75.0 Å². The maximum atomic E-state index is 12.1. The van der Waals surface area contributed by atoms with E-state index in [-0.39, 0.29) is 17.3 Å². The maximum absolute atomic E-state index is 12.1. The van der Waals surface area contributed by atoms with Crippen molar-refractivity contribution in [3.8, 4) is 11.8 Å². The van der Waals surface area contributed by atoms with Gasteiger partial charge in [0.15, 0.2) is 0 Å². The second-order valence-corrected chi connectivity index (χ2v) is 4.39. The molecule has 1 aromatic carbocycles. The summed E-state index contributed by atoms with van der Waals surface area (Å²) in [6, 6.07) is 12.2. The summed E-state index contributed by atoms with van der Waals surface area (Å²) >= 11 is 0. The fourth-order valence-corrected chi connectivity index (χ4v) is 2.08. The van der Waals surface area contributed by atoms with E-state index in [9.17, 15) is 4.79 Å². The van der Waals surface area contributed by atoms with Crippen molar-refractivity contribution in [2.24, 2.45) is 0 Å². The van der Waals surface area contributed by atoms with Crippen LogP contribution in [0.1, 0.15) is 21.7 Å². The number of hydrogen-bond donors (Lipinski definition) is 1. The minimum Gasteiger partial charge on any atom is -0.493 e. The normalized spacial score (nSPS) is 12.2. The molecule has 1 amide bonds. The van der Waals surface area contributed by atoms with Gasteiger partial charge in [-0.3, -0.25) is 4.79 Å². The van der Waals surface area contributed by atoms with Gasteiger partial charge in [-0.25, -0.2) is 4.98 Å². The third kappa shape index (κ3) is 2.31. The van der Waals surface area contributed by atoms with Gasteiger partial charge in [-0.1, -0.05) is 6.07 Å². The highest BCUT2D eigenvalue weighted by Gasteiger charge is 2.14. The van der Waals surface area contributed by atoms with E-state index < -0.39 is 0 Å². The molecule has 0 fully saturated rings. The lowest BCUT2D eigenvalue weighted by molar-refractivity contribution is 0.102. The number of anilines is 1. The molecule has 3 rings (SSSR count). The van der Waals surface area contributed by atoms with Crippen LogP contribution in [0.3, 0.4) is 0 Å². The Kier molecular flexibility index (Phi) is 3.05. The summed E-state index contributed by atoms with van der Waals surface area (Å²) in [7, 11) is 0. The largest absolute Gasteiger partial charge is 0.493 e. The van der Waals surface area contributed by atoms with E-state index >= 15 is 0 Å². The van der Waals surface area contributed by atoms with E-state index in [2.05, 4.69) is 10.3 Å². The number of benzene rings is 1. The quantitative estimate of drug-likeness (QED) is 0.902. The molecule has 0 atom stereocenters. The van der Waals surface area contributed by atoms with E-state index in [1.807, 2.05) is 18.2 Å². The Balaban J connectivity index is 1.80. The van der Waals surface area contributed by atoms with Gasteiger partial charge in [0.25, 0.3) is 5.91 Å². The number of pyridine rings is 1. The van der Waals surface area contributed by atoms with Crippen LogP contribution in [0.5, 0.6) is 5.75 Å². The van der Waals surface area contributed by atoms with E-state index in [0.29, 0.717) is 12.3 Å². The van der Waals surface area contributed by atoms with Crippen LogP contribution in [-0.4, -0.2) is 17.5 Å². The molecule has 0 aliphatic carbocycles. The van der Waals surface area contributed by atoms with Crippen LogP contribution < -0.4 is 10.1 Å². The highest BCUT2D eigenvalue weighted by molar-refractivity contribution is 6.03. The van der Waals surface area contributed by atoms with Crippen LogP contribution in [0, 0.1) is 11.3 Å². The molecular weight excluding hydrogens is 254 g/mol. The zero-order valence-electron chi connectivity index (χ0n) is 10.6. The third-order valence-electron chi connectivity index (χ3n) is 3.04. The number of fused-ring (bicyclic) bond motifs is 1. The van der Waals surface area contributed by atoms with Gasteiger partial charge < -0.3 is 10.1 Å². The first-order valence-electron chi connectivity index (χ1n) is 6.20. The van der Waals surface area contributed by atoms with Gasteiger partial charge >= 0.3 is 0 Å². The molecule has 2 heterocycles. The molecule has 2 aromatic rings. The average Bonchev–Trinajstić information content (AvgIpc) is 2.95. The SMILES string of the molecule is N#Cc1cccc(C(=O)Nc2ccc3c(c2)CCO3)n1. The minimum atomic E-state index is -0.332. The molecule has 5 heteroatoms. The molecule has 1 aliphatic rings. The van der Waals surface area contributed by atoms with Crippen molar-refractivity contribution < 1.29 is 9.53 Å². The van der Waals surface area contributed by atoms with Gasteiger partial charge in [-0.2, -0.15) is 5.26 Å². The molecule has 1 aromatic heterocycles. The molecule has 1 N–H and O–H groups in total. The number of nitrogens with one attached hydrogen (secondary N) is 1. The van der Waals surface area contributed by atoms with E-state index in [1.165, 1.54) is 0 Å². The summed E-state index contributed by atoms with van der Waals surface area (Å²) in [4.78, 5) is 16.0. The Hall–Kier alpha value is -2.87. The molecule has 20 heavy (non-hydrogen) atoms. The van der Waals surface area contributed by atoms with Gasteiger partial charge in [0, 0.05) is 12.1 Å². The molecule has 0 radical (unpaired) electrons. The summed E-state index contributed by atoms with van der Waals surface area (Å²) in [5.41, 5.74) is 2.23. The van der Waals surface area contributed by atoms with Crippen LogP contribution in [0.4, 0.5) is 5.69 Å². The first kappa shape index (κ1) is 12.2. The minimum absolute atomic E-state index is 0.222. The number of rotatable bonds is 2. The predicted octanol–water partition coefficient (Wildman–Crippen LogP) is 2.14. The number of ether oxygens (including phenoxy) is 1. The van der Waals surface area contributed by atoms with Crippen molar-refractivity contribution in [2.75, 3.05) is 11.9 Å². The smallest absolute Gasteiger partial charge is 0.274 e. The molecule has 5 nitrogen and oxygen atoms in total. The second kappa shape index (κ2) is 5.02. The monoisotopic (exact) mass is 265 g/mol. The Labute approximate surface area is 115 Å². The number of hydrogen-bond acceptors (Lipinski definition) is 4. The number of aromatic nitrogens is 1. The van der Waals surface area contributed by atoms with Crippen molar-refractivity contribution in [2.45, 2.75) is 6.42 Å². The second-order valence-electron chi connectivity index (χ2n) is 4.39. The number of nitrogens with zero attached hydrogens (tertiary/aromatic N) is 2. The maximum Gasteiger partial charge on any atom is 0.274 e. The third-order valence-corrected chi connectivity index (χ3v) is 3.04. The van der Waals surface area contributed by atoms with E-state index in [0.717, 1.165) is 17.7 Å². The van der Waals surface area contributed by atoms with Gasteiger partial charge in [0.1, 0.15) is 23.2 Å². The van der Waals surface area contributed by atoms with Crippen LogP contribution >= 0.6 is 0 Å². The van der Waals surface area contributed by atoms with Crippen molar-refractivity contribution in [3.63, 3.8) is 0 Å². The zero-order valence-corrected chi connectivity index (χ0v) is 10.6. The highest BCUT2D eigenvalue weighted by atomic mass is 16.5. The van der Waals surface area contributed by atoms with Crippen molar-refractivity contribution in [1.82, 2.24) is 4.98 Å². The Morgan fingerprint density at radius 1 is 1.35 bits per heavy atom. The van der Waals surface area contributed by atoms with Gasteiger partial charge in [0.2, 0.25) is 0 Å². The van der Waals surface area contributed by atoms with E-state index in [1.54, 1.807) is 24.3 Å². The van der Waals surface area contributed by atoms with E-state index in [4.69, 9.17) is 10.00 Å². The molecule has 0 spiro atoms. The predicted molar refractivity (Wildman–Crippen MR) is 72.5 cm³/mol. The van der Waals surface area contributed by atoms with Crippen molar-refractivity contribution >= 4 is 11.6 Å². The summed E-state index contributed by atoms with van der Waals surface area (Å²) in [5, 5.41) is 11.6. The zero-order chi connectivity index (χ0) is 13.9. The number of carbonyl (C=O) groups excluding carboxylic acids is 1.